The molecule has 166 valence electrons. The highest BCUT2D eigenvalue weighted by atomic mass is 35.5. The first-order valence-corrected chi connectivity index (χ1v) is 12.6. The summed E-state index contributed by atoms with van der Waals surface area (Å²) in [5.41, 5.74) is -0.473. The van der Waals surface area contributed by atoms with E-state index in [1.54, 1.807) is 19.1 Å². The topological polar surface area (TPSA) is 86.8 Å². The van der Waals surface area contributed by atoms with Crippen molar-refractivity contribution >= 4 is 33.4 Å². The van der Waals surface area contributed by atoms with Crippen LogP contribution in [0.25, 0.3) is 0 Å². The largest absolute Gasteiger partial charge is 0.351 e. The van der Waals surface area contributed by atoms with Gasteiger partial charge in [0.2, 0.25) is 21.8 Å². The number of nitrogens with one attached hydrogen (secondary N) is 1. The Morgan fingerprint density at radius 1 is 1.17 bits per heavy atom. The zero-order valence-electron chi connectivity index (χ0n) is 17.6. The summed E-state index contributed by atoms with van der Waals surface area (Å²) in [6.45, 7) is 1.54. The number of hydrogen-bond acceptors (Lipinski definition) is 4. The van der Waals surface area contributed by atoms with Crippen molar-refractivity contribution in [2.75, 3.05) is 19.3 Å². The van der Waals surface area contributed by atoms with Crippen molar-refractivity contribution in [2.45, 2.75) is 63.6 Å². The number of amides is 2. The Kier molecular flexibility index (Phi) is 7.09. The molecule has 1 aliphatic heterocycles. The highest BCUT2D eigenvalue weighted by Gasteiger charge is 2.49. The van der Waals surface area contributed by atoms with Crippen LogP contribution in [0, 0.1) is 0 Å². The average Bonchev–Trinajstić information content (AvgIpc) is 2.94. The number of sulfonamides is 1. The van der Waals surface area contributed by atoms with Crippen molar-refractivity contribution < 1.29 is 18.0 Å². The number of carbonyl (C=O) groups is 2. The molecule has 1 aromatic carbocycles. The molecule has 0 unspecified atom stereocenters. The van der Waals surface area contributed by atoms with Crippen LogP contribution >= 0.6 is 11.6 Å². The van der Waals surface area contributed by atoms with Crippen molar-refractivity contribution in [3.8, 4) is 0 Å². The first kappa shape index (κ1) is 23.0. The maximum atomic E-state index is 13.4. The van der Waals surface area contributed by atoms with Crippen molar-refractivity contribution in [2.24, 2.45) is 0 Å². The average molecular weight is 456 g/mol. The van der Waals surface area contributed by atoms with E-state index in [-0.39, 0.29) is 37.5 Å². The first-order chi connectivity index (χ1) is 14.1. The molecule has 1 N–H and O–H groups in total. The van der Waals surface area contributed by atoms with Gasteiger partial charge in [0.25, 0.3) is 0 Å². The summed E-state index contributed by atoms with van der Waals surface area (Å²) in [4.78, 5) is 27.9. The van der Waals surface area contributed by atoms with Gasteiger partial charge in [0.05, 0.1) is 12.8 Å². The van der Waals surface area contributed by atoms with E-state index in [1.165, 1.54) is 4.90 Å². The van der Waals surface area contributed by atoms with Crippen molar-refractivity contribution in [1.82, 2.24) is 14.5 Å². The van der Waals surface area contributed by atoms with E-state index < -0.39 is 15.6 Å². The van der Waals surface area contributed by atoms with Crippen LogP contribution in [0.5, 0.6) is 0 Å². The molecule has 0 radical (unpaired) electrons. The van der Waals surface area contributed by atoms with Crippen LogP contribution in [0.2, 0.25) is 5.02 Å². The highest BCUT2D eigenvalue weighted by Crippen LogP contribution is 2.28. The fourth-order valence-corrected chi connectivity index (χ4v) is 5.18. The fourth-order valence-electron chi connectivity index (χ4n) is 4.22. The third-order valence-corrected chi connectivity index (χ3v) is 7.54. The summed E-state index contributed by atoms with van der Waals surface area (Å²) in [5, 5.41) is 3.70. The van der Waals surface area contributed by atoms with Crippen molar-refractivity contribution in [3.05, 3.63) is 34.9 Å². The van der Waals surface area contributed by atoms with E-state index in [1.807, 2.05) is 12.1 Å². The molecule has 1 saturated carbocycles. The summed E-state index contributed by atoms with van der Waals surface area (Å²) >= 11 is 5.96. The van der Waals surface area contributed by atoms with E-state index in [0.717, 1.165) is 54.6 Å². The Balaban J connectivity index is 1.88. The lowest BCUT2D eigenvalue weighted by molar-refractivity contribution is -0.154. The molecule has 3 rings (SSSR count). The van der Waals surface area contributed by atoms with E-state index in [2.05, 4.69) is 5.32 Å². The summed E-state index contributed by atoms with van der Waals surface area (Å²) < 4.78 is 25.5. The summed E-state index contributed by atoms with van der Waals surface area (Å²) in [6.07, 6.45) is 7.32. The van der Waals surface area contributed by atoms with Crippen LogP contribution in [0.3, 0.4) is 0 Å². The van der Waals surface area contributed by atoms with Gasteiger partial charge in [0, 0.05) is 24.2 Å². The molecule has 0 aromatic heterocycles. The first-order valence-electron chi connectivity index (χ1n) is 10.4. The monoisotopic (exact) mass is 455 g/mol. The zero-order valence-corrected chi connectivity index (χ0v) is 19.1. The van der Waals surface area contributed by atoms with E-state index in [0.29, 0.717) is 5.02 Å². The molecule has 7 nitrogen and oxygen atoms in total. The predicted octanol–water partition coefficient (Wildman–Crippen LogP) is 2.54. The Bertz CT molecular complexity index is 882. The zero-order chi connectivity index (χ0) is 21.9. The molecule has 1 atom stereocenters. The van der Waals surface area contributed by atoms with Crippen LogP contribution in [-0.2, 0) is 26.2 Å². The normalized spacial score (nSPS) is 24.5. The van der Waals surface area contributed by atoms with Crippen LogP contribution in [0.15, 0.2) is 24.3 Å². The van der Waals surface area contributed by atoms with Gasteiger partial charge in [-0.1, -0.05) is 49.4 Å². The van der Waals surface area contributed by atoms with E-state index in [9.17, 15) is 18.0 Å². The second-order valence-corrected chi connectivity index (χ2v) is 11.0. The van der Waals surface area contributed by atoms with Gasteiger partial charge < -0.3 is 10.2 Å². The standard InChI is InChI=1S/C21H30ClN3O4S/c1-21(20(27)23-18-7-5-3-4-6-8-18)15-24(30(2,28)29)14-19(26)25(21)13-16-9-11-17(22)12-10-16/h9-12,18H,3-8,13-15H2,1-2H3,(H,23,27)/t21-/m1/s1. The third kappa shape index (κ3) is 5.34. The van der Waals surface area contributed by atoms with Gasteiger partial charge in [-0.05, 0) is 37.5 Å². The van der Waals surface area contributed by atoms with Crippen molar-refractivity contribution in [3.63, 3.8) is 0 Å². The molecule has 2 aliphatic rings. The number of benzene rings is 1. The second kappa shape index (κ2) is 9.24. The van der Waals surface area contributed by atoms with Gasteiger partial charge >= 0.3 is 0 Å². The maximum absolute atomic E-state index is 13.4. The number of nitrogens with zero attached hydrogens (tertiary/aromatic N) is 2. The summed E-state index contributed by atoms with van der Waals surface area (Å²) in [6, 6.07) is 7.14. The van der Waals surface area contributed by atoms with Gasteiger partial charge in [0.15, 0.2) is 0 Å². The van der Waals surface area contributed by atoms with Crippen LogP contribution < -0.4 is 5.32 Å². The molecule has 1 heterocycles. The molecule has 1 aliphatic carbocycles. The molecule has 2 amide bonds. The number of piperazine rings is 1. The van der Waals surface area contributed by atoms with Gasteiger partial charge in [-0.2, -0.15) is 4.31 Å². The van der Waals surface area contributed by atoms with Crippen LogP contribution in [-0.4, -0.2) is 60.4 Å². The molecule has 1 saturated heterocycles. The van der Waals surface area contributed by atoms with Gasteiger partial charge in [-0.15, -0.1) is 0 Å². The summed E-state index contributed by atoms with van der Waals surface area (Å²) in [7, 11) is -3.62. The predicted molar refractivity (Wildman–Crippen MR) is 116 cm³/mol. The quantitative estimate of drug-likeness (QED) is 0.691. The lowest BCUT2D eigenvalue weighted by atomic mass is 9.93. The number of carbonyl (C=O) groups excluding carboxylic acids is 2. The Morgan fingerprint density at radius 2 is 1.77 bits per heavy atom. The van der Waals surface area contributed by atoms with E-state index >= 15 is 0 Å². The molecule has 9 heteroatoms. The second-order valence-electron chi connectivity index (χ2n) is 8.57. The molecule has 0 bridgehead atoms. The molecular weight excluding hydrogens is 426 g/mol. The molecule has 0 spiro atoms. The number of hydrogen-bond donors (Lipinski definition) is 1. The number of halogens is 1. The van der Waals surface area contributed by atoms with Crippen LogP contribution in [0.4, 0.5) is 0 Å². The molecule has 2 fully saturated rings. The van der Waals surface area contributed by atoms with Crippen LogP contribution in [0.1, 0.15) is 51.0 Å². The summed E-state index contributed by atoms with van der Waals surface area (Å²) in [5.74, 6) is -0.690. The lowest BCUT2D eigenvalue weighted by Gasteiger charge is -2.47. The Hall–Kier alpha value is -1.64. The van der Waals surface area contributed by atoms with Gasteiger partial charge in [-0.25, -0.2) is 8.42 Å². The maximum Gasteiger partial charge on any atom is 0.247 e. The minimum atomic E-state index is -3.62. The number of rotatable bonds is 5. The smallest absolute Gasteiger partial charge is 0.247 e. The van der Waals surface area contributed by atoms with Gasteiger partial charge in [0.1, 0.15) is 5.54 Å². The minimum Gasteiger partial charge on any atom is -0.351 e. The van der Waals surface area contributed by atoms with E-state index in [4.69, 9.17) is 11.6 Å². The Labute approximate surface area is 183 Å². The molecule has 1 aromatic rings. The van der Waals surface area contributed by atoms with Crippen molar-refractivity contribution in [1.29, 1.82) is 0 Å². The lowest BCUT2D eigenvalue weighted by Crippen LogP contribution is -2.69. The van der Waals surface area contributed by atoms with Gasteiger partial charge in [-0.3, -0.25) is 9.59 Å². The third-order valence-electron chi connectivity index (χ3n) is 6.10. The minimum absolute atomic E-state index is 0.0536. The highest BCUT2D eigenvalue weighted by molar-refractivity contribution is 7.88. The molecule has 30 heavy (non-hydrogen) atoms. The fraction of sp³-hybridized carbons (Fsp3) is 0.619. The SMILES string of the molecule is C[C@]1(C(=O)NC2CCCCCC2)CN(S(C)(=O)=O)CC(=O)N1Cc1ccc(Cl)cc1. The Morgan fingerprint density at radius 3 is 2.33 bits per heavy atom. The molecular formula is C21H30ClN3O4S.